The van der Waals surface area contributed by atoms with Crippen molar-refractivity contribution in [3.63, 3.8) is 0 Å². The van der Waals surface area contributed by atoms with E-state index in [1.54, 1.807) is 10.9 Å². The molecule has 0 aliphatic rings. The summed E-state index contributed by atoms with van der Waals surface area (Å²) in [5.74, 6) is 0.156. The first kappa shape index (κ1) is 26.3. The molecule has 3 N–H and O–H groups in total. The summed E-state index contributed by atoms with van der Waals surface area (Å²) >= 11 is 0. The molecular weight excluding hydrogens is 460 g/mol. The maximum Gasteiger partial charge on any atom is 0.246 e. The lowest BCUT2D eigenvalue weighted by Crippen LogP contribution is -2.35. The molecule has 0 saturated heterocycles. The molecule has 0 radical (unpaired) electrons. The number of amides is 1. The number of aromatic nitrogens is 2. The van der Waals surface area contributed by atoms with E-state index in [9.17, 15) is 9.90 Å². The van der Waals surface area contributed by atoms with Crippen LogP contribution in [0.5, 0.6) is 0 Å². The molecule has 37 heavy (non-hydrogen) atoms. The highest BCUT2D eigenvalue weighted by atomic mass is 16.3. The highest BCUT2D eigenvalue weighted by Crippen LogP contribution is 2.25. The normalized spacial score (nSPS) is 13.2. The first-order valence-electron chi connectivity index (χ1n) is 12.7. The molecule has 6 nitrogen and oxygen atoms in total. The average Bonchev–Trinajstić information content (AvgIpc) is 3.42. The topological polar surface area (TPSA) is 79.2 Å². The number of nitrogens with zero attached hydrogens (tertiary/aromatic N) is 2. The van der Waals surface area contributed by atoms with E-state index in [4.69, 9.17) is 0 Å². The fourth-order valence-electron chi connectivity index (χ4n) is 4.15. The SMILES string of the molecule is Cc1ccc([C@@H](C)CN[C@H](C(=O)Nc2ccc(-c3cnn(C(C)(C)CO)c3)cc2)c2ccccc2)cc1. The van der Waals surface area contributed by atoms with Gasteiger partial charge in [0.05, 0.1) is 18.3 Å². The Bertz CT molecular complexity index is 1300. The van der Waals surface area contributed by atoms with Crippen LogP contribution in [0.15, 0.2) is 91.3 Å². The highest BCUT2D eigenvalue weighted by molar-refractivity contribution is 5.95. The molecule has 4 aromatic rings. The number of aryl methyl sites for hydroxylation is 1. The maximum absolute atomic E-state index is 13.4. The van der Waals surface area contributed by atoms with Crippen molar-refractivity contribution in [2.24, 2.45) is 0 Å². The second kappa shape index (κ2) is 11.5. The number of nitrogens with one attached hydrogen (secondary N) is 2. The Morgan fingerprint density at radius 3 is 2.27 bits per heavy atom. The van der Waals surface area contributed by atoms with Crippen molar-refractivity contribution in [2.75, 3.05) is 18.5 Å². The maximum atomic E-state index is 13.4. The standard InChI is InChI=1S/C31H36N4O2/c1-22-10-12-24(13-11-22)23(2)18-32-29(26-8-6-5-7-9-26)30(37)34-28-16-14-25(15-17-28)27-19-33-35(20-27)31(3,4)21-36/h5-17,19-20,23,29,32,36H,18,21H2,1-4H3,(H,34,37)/t23-,29-/m0/s1. The second-order valence-corrected chi connectivity index (χ2v) is 10.3. The molecule has 6 heteroatoms. The Morgan fingerprint density at radius 2 is 1.62 bits per heavy atom. The van der Waals surface area contributed by atoms with Crippen molar-refractivity contribution in [2.45, 2.75) is 45.2 Å². The van der Waals surface area contributed by atoms with E-state index < -0.39 is 11.6 Å². The molecule has 0 bridgehead atoms. The summed E-state index contributed by atoms with van der Waals surface area (Å²) in [4.78, 5) is 13.4. The van der Waals surface area contributed by atoms with Crippen LogP contribution in [-0.2, 0) is 10.3 Å². The number of aliphatic hydroxyl groups excluding tert-OH is 1. The van der Waals surface area contributed by atoms with Gasteiger partial charge >= 0.3 is 0 Å². The monoisotopic (exact) mass is 496 g/mol. The summed E-state index contributed by atoms with van der Waals surface area (Å²) in [6, 6.07) is 25.6. The number of rotatable bonds is 10. The molecule has 0 aliphatic heterocycles. The predicted molar refractivity (Wildman–Crippen MR) is 149 cm³/mol. The summed E-state index contributed by atoms with van der Waals surface area (Å²) < 4.78 is 1.77. The molecule has 1 amide bonds. The number of carbonyl (C=O) groups excluding carboxylic acids is 1. The van der Waals surface area contributed by atoms with E-state index in [1.807, 2.05) is 74.6 Å². The van der Waals surface area contributed by atoms with Gasteiger partial charge in [0.15, 0.2) is 0 Å². The van der Waals surface area contributed by atoms with Gasteiger partial charge in [0, 0.05) is 24.0 Å². The lowest BCUT2D eigenvalue weighted by Gasteiger charge is -2.22. The van der Waals surface area contributed by atoms with Gasteiger partial charge in [-0.3, -0.25) is 9.48 Å². The van der Waals surface area contributed by atoms with Gasteiger partial charge in [-0.1, -0.05) is 79.2 Å². The number of hydrogen-bond acceptors (Lipinski definition) is 4. The number of carbonyl (C=O) groups is 1. The molecule has 4 rings (SSSR count). The quantitative estimate of drug-likeness (QED) is 0.265. The number of aliphatic hydroxyl groups is 1. The van der Waals surface area contributed by atoms with Crippen LogP contribution in [0.25, 0.3) is 11.1 Å². The summed E-state index contributed by atoms with van der Waals surface area (Å²) in [7, 11) is 0. The van der Waals surface area contributed by atoms with E-state index in [0.717, 1.165) is 22.4 Å². The summed E-state index contributed by atoms with van der Waals surface area (Å²) in [6.45, 7) is 8.78. The Hall–Kier alpha value is -3.74. The van der Waals surface area contributed by atoms with Crippen LogP contribution >= 0.6 is 0 Å². The zero-order valence-electron chi connectivity index (χ0n) is 22.0. The van der Waals surface area contributed by atoms with Crippen molar-refractivity contribution in [1.29, 1.82) is 0 Å². The number of anilines is 1. The first-order valence-corrected chi connectivity index (χ1v) is 12.7. The van der Waals surface area contributed by atoms with Gasteiger partial charge in [-0.2, -0.15) is 5.10 Å². The smallest absolute Gasteiger partial charge is 0.246 e. The Kier molecular flexibility index (Phi) is 8.21. The molecular formula is C31H36N4O2. The van der Waals surface area contributed by atoms with E-state index in [-0.39, 0.29) is 18.4 Å². The third-order valence-electron chi connectivity index (χ3n) is 6.75. The zero-order valence-corrected chi connectivity index (χ0v) is 22.0. The van der Waals surface area contributed by atoms with E-state index >= 15 is 0 Å². The van der Waals surface area contributed by atoms with Crippen molar-refractivity contribution >= 4 is 11.6 Å². The first-order chi connectivity index (χ1) is 17.8. The summed E-state index contributed by atoms with van der Waals surface area (Å²) in [5, 5.41) is 20.6. The van der Waals surface area contributed by atoms with Gasteiger partial charge in [-0.25, -0.2) is 0 Å². The minimum absolute atomic E-state index is 0.000493. The number of benzene rings is 3. The minimum atomic E-state index is -0.479. The lowest BCUT2D eigenvalue weighted by atomic mass is 9.98. The van der Waals surface area contributed by atoms with Gasteiger partial charge in [0.1, 0.15) is 6.04 Å². The molecule has 1 aromatic heterocycles. The van der Waals surface area contributed by atoms with E-state index in [1.165, 1.54) is 11.1 Å². The van der Waals surface area contributed by atoms with E-state index in [2.05, 4.69) is 53.8 Å². The second-order valence-electron chi connectivity index (χ2n) is 10.3. The minimum Gasteiger partial charge on any atom is -0.394 e. The molecule has 3 aromatic carbocycles. The highest BCUT2D eigenvalue weighted by Gasteiger charge is 2.22. The lowest BCUT2D eigenvalue weighted by molar-refractivity contribution is -0.118. The van der Waals surface area contributed by atoms with Crippen LogP contribution in [0, 0.1) is 6.92 Å². The third-order valence-corrected chi connectivity index (χ3v) is 6.75. The predicted octanol–water partition coefficient (Wildman–Crippen LogP) is 5.66. The molecule has 1 heterocycles. The molecule has 0 spiro atoms. The fraction of sp³-hybridized carbons (Fsp3) is 0.290. The van der Waals surface area contributed by atoms with E-state index in [0.29, 0.717) is 6.54 Å². The van der Waals surface area contributed by atoms with Crippen LogP contribution in [0.4, 0.5) is 5.69 Å². The summed E-state index contributed by atoms with van der Waals surface area (Å²) in [6.07, 6.45) is 3.71. The molecule has 0 unspecified atom stereocenters. The van der Waals surface area contributed by atoms with Gasteiger partial charge in [-0.15, -0.1) is 0 Å². The van der Waals surface area contributed by atoms with Crippen molar-refractivity contribution < 1.29 is 9.90 Å². The molecule has 192 valence electrons. The van der Waals surface area contributed by atoms with Crippen LogP contribution in [-0.4, -0.2) is 33.9 Å². The average molecular weight is 497 g/mol. The summed E-state index contributed by atoms with van der Waals surface area (Å²) in [5.41, 5.74) is 5.60. The van der Waals surface area contributed by atoms with Crippen molar-refractivity contribution in [3.8, 4) is 11.1 Å². The van der Waals surface area contributed by atoms with Gasteiger partial charge in [0.2, 0.25) is 5.91 Å². The molecule has 0 saturated carbocycles. The van der Waals surface area contributed by atoms with Crippen molar-refractivity contribution in [3.05, 3.63) is 108 Å². The van der Waals surface area contributed by atoms with Crippen molar-refractivity contribution in [1.82, 2.24) is 15.1 Å². The van der Waals surface area contributed by atoms with Gasteiger partial charge < -0.3 is 15.7 Å². The Labute approximate surface area is 219 Å². The van der Waals surface area contributed by atoms with Crippen LogP contribution in [0.2, 0.25) is 0 Å². The molecule has 2 atom stereocenters. The number of hydrogen-bond donors (Lipinski definition) is 3. The van der Waals surface area contributed by atoms with Crippen LogP contribution in [0.3, 0.4) is 0 Å². The third kappa shape index (κ3) is 6.53. The zero-order chi connectivity index (χ0) is 26.4. The fourth-order valence-corrected chi connectivity index (χ4v) is 4.15. The van der Waals surface area contributed by atoms with Gasteiger partial charge in [-0.05, 0) is 55.5 Å². The Balaban J connectivity index is 1.45. The van der Waals surface area contributed by atoms with Crippen LogP contribution in [0.1, 0.15) is 49.4 Å². The molecule has 0 fully saturated rings. The largest absolute Gasteiger partial charge is 0.394 e. The van der Waals surface area contributed by atoms with Gasteiger partial charge in [0.25, 0.3) is 0 Å². The molecule has 0 aliphatic carbocycles. The Morgan fingerprint density at radius 1 is 0.946 bits per heavy atom. The van der Waals surface area contributed by atoms with Crippen LogP contribution < -0.4 is 10.6 Å².